The van der Waals surface area contributed by atoms with Crippen LogP contribution in [-0.2, 0) is 5.41 Å². The van der Waals surface area contributed by atoms with Crippen molar-refractivity contribution < 1.29 is 5.21 Å². The molecule has 0 radical (unpaired) electrons. The van der Waals surface area contributed by atoms with Crippen LogP contribution >= 0.6 is 0 Å². The lowest BCUT2D eigenvalue weighted by atomic mass is 9.85. The van der Waals surface area contributed by atoms with Crippen LogP contribution in [0.1, 0.15) is 37.6 Å². The van der Waals surface area contributed by atoms with Crippen molar-refractivity contribution in [1.82, 2.24) is 4.73 Å². The molecule has 1 rings (SSSR count). The predicted octanol–water partition coefficient (Wildman–Crippen LogP) is 2.97. The van der Waals surface area contributed by atoms with E-state index in [1.807, 2.05) is 13.8 Å². The van der Waals surface area contributed by atoms with E-state index in [0.29, 0.717) is 5.82 Å². The fourth-order valence-electron chi connectivity index (χ4n) is 1.82. The molecule has 3 heteroatoms. The number of aliphatic imine (C=N–C) groups is 1. The molecule has 0 unspecified atom stereocenters. The summed E-state index contributed by atoms with van der Waals surface area (Å²) in [5, 5.41) is 9.75. The summed E-state index contributed by atoms with van der Waals surface area (Å²) in [4.78, 5) is 3.88. The molecule has 0 aliphatic carbocycles. The monoisotopic (exact) mass is 194 g/mol. The van der Waals surface area contributed by atoms with Crippen LogP contribution < -0.4 is 0 Å². The third kappa shape index (κ3) is 1.43. The van der Waals surface area contributed by atoms with Crippen LogP contribution in [0.3, 0.4) is 0 Å². The highest BCUT2D eigenvalue weighted by Crippen LogP contribution is 2.37. The Kier molecular flexibility index (Phi) is 2.44. The van der Waals surface area contributed by atoms with Gasteiger partial charge in [0.15, 0.2) is 5.82 Å². The highest BCUT2D eigenvalue weighted by molar-refractivity contribution is 5.56. The van der Waals surface area contributed by atoms with Crippen molar-refractivity contribution in [2.75, 3.05) is 0 Å². The van der Waals surface area contributed by atoms with E-state index in [0.717, 1.165) is 21.6 Å². The summed E-state index contributed by atoms with van der Waals surface area (Å²) in [5.74, 6) is 0.563. The lowest BCUT2D eigenvalue weighted by Gasteiger charge is -2.19. The van der Waals surface area contributed by atoms with E-state index >= 15 is 0 Å². The first-order valence-electron chi connectivity index (χ1n) is 4.69. The largest absolute Gasteiger partial charge is 0.427 e. The lowest BCUT2D eigenvalue weighted by Crippen LogP contribution is -2.12. The minimum Gasteiger partial charge on any atom is -0.427 e. The molecule has 1 aromatic rings. The quantitative estimate of drug-likeness (QED) is 0.541. The van der Waals surface area contributed by atoms with Gasteiger partial charge in [-0.05, 0) is 31.5 Å². The molecule has 0 aliphatic rings. The molecular formula is C11H18N2O. The summed E-state index contributed by atoms with van der Waals surface area (Å²) in [6.07, 6.45) is 0. The first-order valence-corrected chi connectivity index (χ1v) is 4.69. The molecule has 1 N–H and O–H groups in total. The van der Waals surface area contributed by atoms with Gasteiger partial charge in [-0.15, -0.1) is 0 Å². The van der Waals surface area contributed by atoms with Crippen LogP contribution in [0.25, 0.3) is 0 Å². The molecule has 0 aliphatic heterocycles. The van der Waals surface area contributed by atoms with Crippen molar-refractivity contribution in [3.05, 3.63) is 16.8 Å². The fourth-order valence-corrected chi connectivity index (χ4v) is 1.82. The Morgan fingerprint density at radius 1 is 1.29 bits per heavy atom. The third-order valence-corrected chi connectivity index (χ3v) is 2.56. The summed E-state index contributed by atoms with van der Waals surface area (Å²) in [5.41, 5.74) is 2.95. The Hall–Kier alpha value is -1.25. The molecule has 0 bridgehead atoms. The average molecular weight is 194 g/mol. The molecule has 1 heterocycles. The number of nitrogens with zero attached hydrogens (tertiary/aromatic N) is 2. The van der Waals surface area contributed by atoms with Crippen LogP contribution in [-0.4, -0.2) is 16.7 Å². The Bertz CT molecular complexity index is 370. The zero-order chi connectivity index (χ0) is 11.1. The zero-order valence-electron chi connectivity index (χ0n) is 9.55. The summed E-state index contributed by atoms with van der Waals surface area (Å²) < 4.78 is 1.11. The average Bonchev–Trinajstić information content (AvgIpc) is 2.28. The second kappa shape index (κ2) is 3.15. The van der Waals surface area contributed by atoms with Gasteiger partial charge in [0.05, 0.1) is 5.69 Å². The van der Waals surface area contributed by atoms with Gasteiger partial charge in [-0.1, -0.05) is 20.8 Å². The first kappa shape index (κ1) is 10.8. The van der Waals surface area contributed by atoms with Gasteiger partial charge in [0.2, 0.25) is 0 Å². The molecule has 14 heavy (non-hydrogen) atoms. The summed E-state index contributed by atoms with van der Waals surface area (Å²) in [6, 6.07) is 0. The zero-order valence-corrected chi connectivity index (χ0v) is 9.55. The van der Waals surface area contributed by atoms with Crippen molar-refractivity contribution in [1.29, 1.82) is 0 Å². The summed E-state index contributed by atoms with van der Waals surface area (Å²) >= 11 is 0. The van der Waals surface area contributed by atoms with E-state index in [1.165, 1.54) is 0 Å². The maximum Gasteiger partial charge on any atom is 0.171 e. The molecule has 0 amide bonds. The molecule has 0 atom stereocenters. The van der Waals surface area contributed by atoms with Gasteiger partial charge in [0.25, 0.3) is 0 Å². The topological polar surface area (TPSA) is 37.5 Å². The third-order valence-electron chi connectivity index (χ3n) is 2.56. The SMILES string of the molecule is C=Nc1c(C(C)(C)C)c(C)c(C)n1O. The van der Waals surface area contributed by atoms with Crippen LogP contribution in [0.15, 0.2) is 4.99 Å². The van der Waals surface area contributed by atoms with E-state index in [1.54, 1.807) is 0 Å². The molecule has 78 valence electrons. The standard InChI is InChI=1S/C11H18N2O/c1-7-8(2)13(14)10(12-6)9(7)11(3,4)5/h14H,6H2,1-5H3. The maximum absolute atomic E-state index is 9.75. The van der Waals surface area contributed by atoms with Crippen LogP contribution in [0, 0.1) is 13.8 Å². The Balaban J connectivity index is 3.57. The Morgan fingerprint density at radius 2 is 1.79 bits per heavy atom. The second-order valence-corrected chi connectivity index (χ2v) is 4.63. The van der Waals surface area contributed by atoms with Gasteiger partial charge in [0.1, 0.15) is 0 Å². The lowest BCUT2D eigenvalue weighted by molar-refractivity contribution is 0.185. The van der Waals surface area contributed by atoms with Gasteiger partial charge in [-0.3, -0.25) is 0 Å². The van der Waals surface area contributed by atoms with Gasteiger partial charge in [-0.2, -0.15) is 4.73 Å². The number of rotatable bonds is 1. The smallest absolute Gasteiger partial charge is 0.171 e. The Labute approximate surface area is 85.0 Å². The van der Waals surface area contributed by atoms with Crippen molar-refractivity contribution in [3.8, 4) is 0 Å². The number of hydrogen-bond donors (Lipinski definition) is 1. The van der Waals surface area contributed by atoms with Crippen molar-refractivity contribution in [2.45, 2.75) is 40.0 Å². The van der Waals surface area contributed by atoms with E-state index < -0.39 is 0 Å². The molecule has 0 fully saturated rings. The molecule has 0 saturated heterocycles. The molecule has 3 nitrogen and oxygen atoms in total. The molecule has 0 saturated carbocycles. The normalized spacial score (nSPS) is 11.8. The van der Waals surface area contributed by atoms with Crippen molar-refractivity contribution >= 4 is 12.5 Å². The van der Waals surface area contributed by atoms with Gasteiger partial charge >= 0.3 is 0 Å². The molecular weight excluding hydrogens is 176 g/mol. The van der Waals surface area contributed by atoms with E-state index in [2.05, 4.69) is 32.5 Å². The highest BCUT2D eigenvalue weighted by Gasteiger charge is 2.26. The van der Waals surface area contributed by atoms with Gasteiger partial charge < -0.3 is 5.21 Å². The van der Waals surface area contributed by atoms with Crippen molar-refractivity contribution in [2.24, 2.45) is 4.99 Å². The number of hydrogen-bond acceptors (Lipinski definition) is 2. The van der Waals surface area contributed by atoms with Crippen LogP contribution in [0.4, 0.5) is 5.82 Å². The van der Waals surface area contributed by atoms with E-state index in [9.17, 15) is 5.21 Å². The molecule has 1 aromatic heterocycles. The number of aromatic nitrogens is 1. The van der Waals surface area contributed by atoms with Gasteiger partial charge in [-0.25, -0.2) is 4.99 Å². The molecule has 0 aromatic carbocycles. The fraction of sp³-hybridized carbons (Fsp3) is 0.545. The second-order valence-electron chi connectivity index (χ2n) is 4.63. The minimum absolute atomic E-state index is 0.0284. The Morgan fingerprint density at radius 3 is 2.07 bits per heavy atom. The first-order chi connectivity index (χ1) is 6.30. The molecule has 0 spiro atoms. The minimum atomic E-state index is -0.0284. The van der Waals surface area contributed by atoms with E-state index in [-0.39, 0.29) is 5.41 Å². The highest BCUT2D eigenvalue weighted by atomic mass is 16.5. The van der Waals surface area contributed by atoms with E-state index in [4.69, 9.17) is 0 Å². The van der Waals surface area contributed by atoms with Crippen LogP contribution in [0.5, 0.6) is 0 Å². The summed E-state index contributed by atoms with van der Waals surface area (Å²) in [6.45, 7) is 13.7. The summed E-state index contributed by atoms with van der Waals surface area (Å²) in [7, 11) is 0. The van der Waals surface area contributed by atoms with Crippen molar-refractivity contribution in [3.63, 3.8) is 0 Å². The van der Waals surface area contributed by atoms with Crippen LogP contribution in [0.2, 0.25) is 0 Å². The van der Waals surface area contributed by atoms with Gasteiger partial charge in [0, 0.05) is 5.56 Å². The predicted molar refractivity (Wildman–Crippen MR) is 59.0 cm³/mol. The maximum atomic E-state index is 9.75.